The molecule has 0 saturated heterocycles. The van der Waals surface area contributed by atoms with Crippen molar-refractivity contribution in [1.82, 2.24) is 4.98 Å². The number of aldehydes is 1. The predicted octanol–water partition coefficient (Wildman–Crippen LogP) is 4.36. The fourth-order valence-electron chi connectivity index (χ4n) is 3.54. The highest BCUT2D eigenvalue weighted by molar-refractivity contribution is 6.33. The summed E-state index contributed by atoms with van der Waals surface area (Å²) in [6.07, 6.45) is 1.74. The summed E-state index contributed by atoms with van der Waals surface area (Å²) in [5.41, 5.74) is 0.653. The molecule has 4 rings (SSSR count). The number of carbonyl (C=O) groups excluding carboxylic acids is 3. The maximum Gasteiger partial charge on any atom is 0.338 e. The first-order valence-corrected chi connectivity index (χ1v) is 10.5. The Morgan fingerprint density at radius 1 is 1.11 bits per heavy atom. The number of pyridine rings is 1. The van der Waals surface area contributed by atoms with E-state index in [4.69, 9.17) is 16.0 Å². The van der Waals surface area contributed by atoms with E-state index in [-0.39, 0.29) is 27.6 Å². The number of nitrogens with zero attached hydrogens (tertiary/aromatic N) is 1. The number of ether oxygens (including phenoxy) is 1. The van der Waals surface area contributed by atoms with Gasteiger partial charge in [0.05, 0.1) is 17.7 Å². The van der Waals surface area contributed by atoms with Crippen LogP contribution in [0.15, 0.2) is 70.0 Å². The number of benzene rings is 2. The summed E-state index contributed by atoms with van der Waals surface area (Å²) < 4.78 is 23.4. The van der Waals surface area contributed by atoms with Gasteiger partial charge in [-0.05, 0) is 42.0 Å². The SMILES string of the molecule is COC(=O)c1ccnc(NC(=O)[C@@H](C=O)c2ccc3c(-c4ccc(F)cc4Cl)cc(=O)oc3c2)c1. The smallest absolute Gasteiger partial charge is 0.338 e. The van der Waals surface area contributed by atoms with Crippen LogP contribution < -0.4 is 10.9 Å². The van der Waals surface area contributed by atoms with Crippen LogP contribution in [0, 0.1) is 5.82 Å². The Bertz CT molecular complexity index is 1530. The second-order valence-corrected chi connectivity index (χ2v) is 7.79. The van der Waals surface area contributed by atoms with Crippen molar-refractivity contribution in [3.8, 4) is 11.1 Å². The van der Waals surface area contributed by atoms with E-state index in [1.165, 1.54) is 55.8 Å². The van der Waals surface area contributed by atoms with Crippen molar-refractivity contribution < 1.29 is 27.9 Å². The Labute approximate surface area is 202 Å². The Balaban J connectivity index is 1.70. The molecule has 2 aromatic carbocycles. The van der Waals surface area contributed by atoms with Gasteiger partial charge in [-0.2, -0.15) is 0 Å². The third-order valence-electron chi connectivity index (χ3n) is 5.20. The molecule has 35 heavy (non-hydrogen) atoms. The number of aromatic nitrogens is 1. The van der Waals surface area contributed by atoms with Crippen LogP contribution in [0.4, 0.5) is 10.2 Å². The number of anilines is 1. The first-order chi connectivity index (χ1) is 16.8. The number of methoxy groups -OCH3 is 1. The summed E-state index contributed by atoms with van der Waals surface area (Å²) >= 11 is 6.17. The van der Waals surface area contributed by atoms with E-state index >= 15 is 0 Å². The van der Waals surface area contributed by atoms with Crippen molar-refractivity contribution >= 4 is 46.6 Å². The molecule has 0 aliphatic heterocycles. The van der Waals surface area contributed by atoms with Crippen molar-refractivity contribution in [2.24, 2.45) is 0 Å². The number of amides is 1. The maximum absolute atomic E-state index is 13.5. The number of esters is 1. The summed E-state index contributed by atoms with van der Waals surface area (Å²) in [6, 6.07) is 12.2. The summed E-state index contributed by atoms with van der Waals surface area (Å²) in [5.74, 6) is -3.08. The average Bonchev–Trinajstić information content (AvgIpc) is 2.83. The molecule has 4 aromatic rings. The van der Waals surface area contributed by atoms with Gasteiger partial charge in [0.15, 0.2) is 0 Å². The lowest BCUT2D eigenvalue weighted by molar-refractivity contribution is -0.122. The number of carbonyl (C=O) groups is 3. The fourth-order valence-corrected chi connectivity index (χ4v) is 3.81. The molecule has 0 bridgehead atoms. The summed E-state index contributed by atoms with van der Waals surface area (Å²) in [5, 5.41) is 3.06. The standard InChI is InChI=1S/C25H16ClFN2O6/c1-34-25(33)14-6-7-28-22(9-14)29-24(32)19(12-30)13-2-4-17-18(11-23(31)35-21(17)8-13)16-5-3-15(27)10-20(16)26/h2-12,19H,1H3,(H,28,29,32)/t19-/m0/s1. The molecule has 2 aromatic heterocycles. The van der Waals surface area contributed by atoms with Crippen LogP contribution >= 0.6 is 11.6 Å². The lowest BCUT2D eigenvalue weighted by Gasteiger charge is -2.13. The van der Waals surface area contributed by atoms with Crippen molar-refractivity contribution in [1.29, 1.82) is 0 Å². The minimum Gasteiger partial charge on any atom is -0.465 e. The van der Waals surface area contributed by atoms with E-state index in [2.05, 4.69) is 15.0 Å². The van der Waals surface area contributed by atoms with Gasteiger partial charge >= 0.3 is 11.6 Å². The summed E-state index contributed by atoms with van der Waals surface area (Å²) in [4.78, 5) is 52.5. The highest BCUT2D eigenvalue weighted by Gasteiger charge is 2.22. The van der Waals surface area contributed by atoms with Crippen LogP contribution in [0.25, 0.3) is 22.1 Å². The Morgan fingerprint density at radius 3 is 2.63 bits per heavy atom. The molecule has 0 fully saturated rings. The zero-order valence-corrected chi connectivity index (χ0v) is 18.8. The number of hydrogen-bond donors (Lipinski definition) is 1. The van der Waals surface area contributed by atoms with Crippen LogP contribution in [-0.2, 0) is 14.3 Å². The van der Waals surface area contributed by atoms with Crippen LogP contribution in [0.2, 0.25) is 5.02 Å². The van der Waals surface area contributed by atoms with Gasteiger partial charge in [-0.1, -0.05) is 23.7 Å². The van der Waals surface area contributed by atoms with Crippen molar-refractivity contribution in [3.63, 3.8) is 0 Å². The van der Waals surface area contributed by atoms with E-state index in [0.29, 0.717) is 22.8 Å². The van der Waals surface area contributed by atoms with Gasteiger partial charge in [-0.25, -0.2) is 19.0 Å². The lowest BCUT2D eigenvalue weighted by atomic mass is 9.95. The van der Waals surface area contributed by atoms with Crippen molar-refractivity contribution in [2.45, 2.75) is 5.92 Å². The third-order valence-corrected chi connectivity index (χ3v) is 5.51. The van der Waals surface area contributed by atoms with E-state index in [1.807, 2.05) is 0 Å². The van der Waals surface area contributed by atoms with Gasteiger partial charge in [0.25, 0.3) is 0 Å². The average molecular weight is 495 g/mol. The molecule has 1 N–H and O–H groups in total. The van der Waals surface area contributed by atoms with E-state index in [9.17, 15) is 23.6 Å². The van der Waals surface area contributed by atoms with Crippen molar-refractivity contribution in [3.05, 3.63) is 93.2 Å². The monoisotopic (exact) mass is 494 g/mol. The Morgan fingerprint density at radius 2 is 1.91 bits per heavy atom. The second-order valence-electron chi connectivity index (χ2n) is 7.38. The van der Waals surface area contributed by atoms with Crippen LogP contribution in [0.5, 0.6) is 0 Å². The predicted molar refractivity (Wildman–Crippen MR) is 126 cm³/mol. The fraction of sp³-hybridized carbons (Fsp3) is 0.0800. The zero-order chi connectivity index (χ0) is 25.1. The van der Waals surface area contributed by atoms with Gasteiger partial charge in [0, 0.05) is 28.8 Å². The molecule has 1 atom stereocenters. The molecule has 0 aliphatic rings. The number of rotatable bonds is 6. The quantitative estimate of drug-likeness (QED) is 0.183. The molecule has 0 spiro atoms. The molecule has 0 radical (unpaired) electrons. The van der Waals surface area contributed by atoms with Gasteiger partial charge < -0.3 is 19.3 Å². The summed E-state index contributed by atoms with van der Waals surface area (Å²) in [6.45, 7) is 0. The lowest BCUT2D eigenvalue weighted by Crippen LogP contribution is -2.23. The molecule has 2 heterocycles. The van der Waals surface area contributed by atoms with Crippen LogP contribution in [0.3, 0.4) is 0 Å². The molecule has 1 amide bonds. The second kappa shape index (κ2) is 9.86. The highest BCUT2D eigenvalue weighted by Crippen LogP contribution is 2.34. The van der Waals surface area contributed by atoms with Crippen LogP contribution in [0.1, 0.15) is 21.8 Å². The Kier molecular flexibility index (Phi) is 6.70. The van der Waals surface area contributed by atoms with E-state index < -0.39 is 29.2 Å². The Hall–Kier alpha value is -4.37. The largest absolute Gasteiger partial charge is 0.465 e. The molecular formula is C25H16ClFN2O6. The van der Waals surface area contributed by atoms with Gasteiger partial charge in [-0.3, -0.25) is 4.79 Å². The van der Waals surface area contributed by atoms with Gasteiger partial charge in [0.1, 0.15) is 29.4 Å². The molecule has 0 aliphatic carbocycles. The normalized spacial score (nSPS) is 11.6. The topological polar surface area (TPSA) is 116 Å². The van der Waals surface area contributed by atoms with Crippen molar-refractivity contribution in [2.75, 3.05) is 12.4 Å². The van der Waals surface area contributed by atoms with Gasteiger partial charge in [0.2, 0.25) is 5.91 Å². The molecule has 176 valence electrons. The number of hydrogen-bond acceptors (Lipinski definition) is 7. The first-order valence-electron chi connectivity index (χ1n) is 10.1. The maximum atomic E-state index is 13.5. The molecule has 0 saturated carbocycles. The van der Waals surface area contributed by atoms with Crippen LogP contribution in [-0.4, -0.2) is 30.3 Å². The van der Waals surface area contributed by atoms with E-state index in [1.54, 1.807) is 6.07 Å². The molecule has 10 heteroatoms. The minimum absolute atomic E-state index is 0.0466. The van der Waals surface area contributed by atoms with E-state index in [0.717, 1.165) is 6.07 Å². The molecule has 8 nitrogen and oxygen atoms in total. The molecular weight excluding hydrogens is 479 g/mol. The number of halogens is 2. The first kappa shape index (κ1) is 23.8. The number of fused-ring (bicyclic) bond motifs is 1. The third kappa shape index (κ3) is 4.95. The zero-order valence-electron chi connectivity index (χ0n) is 18.1. The minimum atomic E-state index is -1.27. The highest BCUT2D eigenvalue weighted by atomic mass is 35.5. The number of nitrogens with one attached hydrogen (secondary N) is 1. The molecule has 0 unspecified atom stereocenters. The van der Waals surface area contributed by atoms with Gasteiger partial charge in [-0.15, -0.1) is 0 Å². The summed E-state index contributed by atoms with van der Waals surface area (Å²) in [7, 11) is 1.22.